The number of ether oxygens (including phenoxy) is 2. The summed E-state index contributed by atoms with van der Waals surface area (Å²) in [4.78, 5) is 0. The highest BCUT2D eigenvalue weighted by atomic mass is 32.2. The van der Waals surface area contributed by atoms with E-state index in [9.17, 15) is 0 Å². The molecule has 1 aliphatic rings. The van der Waals surface area contributed by atoms with Crippen molar-refractivity contribution in [3.8, 4) is 5.75 Å². The average Bonchev–Trinajstić information content (AvgIpc) is 2.39. The predicted molar refractivity (Wildman–Crippen MR) is 72.5 cm³/mol. The summed E-state index contributed by atoms with van der Waals surface area (Å²) in [6.45, 7) is 2.81. The highest BCUT2D eigenvalue weighted by Gasteiger charge is 2.22. The van der Waals surface area contributed by atoms with Crippen molar-refractivity contribution < 1.29 is 9.47 Å². The molecule has 0 aromatic heterocycles. The molecule has 0 spiro atoms. The third-order valence-corrected chi connectivity index (χ3v) is 3.82. The lowest BCUT2D eigenvalue weighted by molar-refractivity contribution is 0.116. The molecular weight excluding hydrogens is 232 g/mol. The lowest BCUT2D eigenvalue weighted by atomic mass is 9.95. The van der Waals surface area contributed by atoms with Gasteiger partial charge in [0.05, 0.1) is 7.11 Å². The molecule has 0 fully saturated rings. The number of para-hydroxylation sites is 1. The molecule has 0 amide bonds. The van der Waals surface area contributed by atoms with Gasteiger partial charge in [-0.2, -0.15) is 0 Å². The van der Waals surface area contributed by atoms with E-state index < -0.39 is 0 Å². The van der Waals surface area contributed by atoms with Crippen LogP contribution in [0.2, 0.25) is 0 Å². The van der Waals surface area contributed by atoms with E-state index in [2.05, 4.69) is 23.6 Å². The van der Waals surface area contributed by atoms with Crippen LogP contribution in [0, 0.1) is 0 Å². The van der Waals surface area contributed by atoms with E-state index in [0.717, 1.165) is 18.8 Å². The molecular formula is C14H18O2S. The molecule has 0 N–H and O–H groups in total. The van der Waals surface area contributed by atoms with E-state index in [1.54, 1.807) is 18.9 Å². The number of benzene rings is 1. The number of hydrogen-bond donors (Lipinski definition) is 0. The first-order chi connectivity index (χ1) is 8.35. The van der Waals surface area contributed by atoms with Gasteiger partial charge in [0, 0.05) is 18.1 Å². The summed E-state index contributed by atoms with van der Waals surface area (Å²) in [5, 5.41) is 2.14. The second-order valence-electron chi connectivity index (χ2n) is 3.93. The van der Waals surface area contributed by atoms with Gasteiger partial charge in [0.1, 0.15) is 11.2 Å². The van der Waals surface area contributed by atoms with Gasteiger partial charge in [-0.3, -0.25) is 0 Å². The van der Waals surface area contributed by atoms with Crippen molar-refractivity contribution in [3.63, 3.8) is 0 Å². The Bertz CT molecular complexity index is 390. The Labute approximate surface area is 107 Å². The third-order valence-electron chi connectivity index (χ3n) is 2.88. The molecule has 1 aromatic rings. The zero-order chi connectivity index (χ0) is 12.1. The topological polar surface area (TPSA) is 18.5 Å². The zero-order valence-corrected chi connectivity index (χ0v) is 11.1. The molecule has 0 saturated carbocycles. The number of methoxy groups -OCH3 is 1. The van der Waals surface area contributed by atoms with Crippen molar-refractivity contribution >= 4 is 11.8 Å². The van der Waals surface area contributed by atoms with Gasteiger partial charge in [-0.05, 0) is 24.8 Å². The third kappa shape index (κ3) is 3.05. The van der Waals surface area contributed by atoms with Crippen molar-refractivity contribution in [2.75, 3.05) is 13.7 Å². The number of hydrogen-bond acceptors (Lipinski definition) is 3. The maximum atomic E-state index is 5.68. The quantitative estimate of drug-likeness (QED) is 0.810. The molecule has 2 atom stereocenters. The van der Waals surface area contributed by atoms with E-state index >= 15 is 0 Å². The van der Waals surface area contributed by atoms with Crippen LogP contribution in [0.25, 0.3) is 0 Å². The Morgan fingerprint density at radius 3 is 2.94 bits per heavy atom. The molecule has 1 aromatic carbocycles. The van der Waals surface area contributed by atoms with E-state index in [0.29, 0.717) is 5.92 Å². The van der Waals surface area contributed by atoms with Gasteiger partial charge in [-0.25, -0.2) is 0 Å². The van der Waals surface area contributed by atoms with Crippen molar-refractivity contribution in [3.05, 3.63) is 41.3 Å². The standard InChI is InChI=1S/C14H18O2S/c1-3-16-14-10-11(8-9-17-14)12-6-4-5-7-13(12)15-2/h4-9,11,14H,3,10H2,1-2H3/t11-,14+/m0/s1. The smallest absolute Gasteiger partial charge is 0.122 e. The summed E-state index contributed by atoms with van der Waals surface area (Å²) in [6, 6.07) is 8.21. The normalized spacial score (nSPS) is 23.6. The Kier molecular flexibility index (Phi) is 4.51. The fourth-order valence-corrected chi connectivity index (χ4v) is 3.05. The molecule has 0 unspecified atom stereocenters. The van der Waals surface area contributed by atoms with Crippen LogP contribution in [-0.2, 0) is 4.74 Å². The molecule has 2 nitrogen and oxygen atoms in total. The van der Waals surface area contributed by atoms with E-state index in [4.69, 9.17) is 9.47 Å². The highest BCUT2D eigenvalue weighted by molar-refractivity contribution is 8.02. The summed E-state index contributed by atoms with van der Waals surface area (Å²) in [7, 11) is 1.72. The number of rotatable bonds is 4. The summed E-state index contributed by atoms with van der Waals surface area (Å²) in [5.41, 5.74) is 1.51. The van der Waals surface area contributed by atoms with Crippen molar-refractivity contribution in [1.82, 2.24) is 0 Å². The van der Waals surface area contributed by atoms with Crippen LogP contribution < -0.4 is 4.74 Å². The SMILES string of the molecule is CCO[C@H]1C[C@@H](c2ccccc2OC)C=CS1. The maximum Gasteiger partial charge on any atom is 0.122 e. The first kappa shape index (κ1) is 12.5. The van der Waals surface area contributed by atoms with Crippen LogP contribution in [0.15, 0.2) is 35.7 Å². The fourth-order valence-electron chi connectivity index (χ4n) is 2.07. The lowest BCUT2D eigenvalue weighted by Gasteiger charge is -2.25. The summed E-state index contributed by atoms with van der Waals surface area (Å²) >= 11 is 1.76. The largest absolute Gasteiger partial charge is 0.496 e. The minimum absolute atomic E-state index is 0.264. The van der Waals surface area contributed by atoms with Crippen LogP contribution >= 0.6 is 11.8 Å². The van der Waals surface area contributed by atoms with Crippen LogP contribution in [0.1, 0.15) is 24.8 Å². The zero-order valence-electron chi connectivity index (χ0n) is 10.3. The number of allylic oxidation sites excluding steroid dienone is 1. The van der Waals surface area contributed by atoms with Crippen LogP contribution in [0.4, 0.5) is 0 Å². The predicted octanol–water partition coefficient (Wildman–Crippen LogP) is 3.79. The van der Waals surface area contributed by atoms with Gasteiger partial charge in [0.15, 0.2) is 0 Å². The van der Waals surface area contributed by atoms with Gasteiger partial charge >= 0.3 is 0 Å². The summed E-state index contributed by atoms with van der Waals surface area (Å²) < 4.78 is 11.1. The number of thioether (sulfide) groups is 1. The Hall–Kier alpha value is -0.930. The maximum absolute atomic E-state index is 5.68. The first-order valence-electron chi connectivity index (χ1n) is 5.91. The molecule has 3 heteroatoms. The van der Waals surface area contributed by atoms with Gasteiger partial charge in [0.25, 0.3) is 0 Å². The second-order valence-corrected chi connectivity index (χ2v) is 5.00. The van der Waals surface area contributed by atoms with Gasteiger partial charge in [-0.15, -0.1) is 11.8 Å². The molecule has 0 radical (unpaired) electrons. The molecule has 1 aliphatic heterocycles. The molecule has 2 rings (SSSR count). The first-order valence-corrected chi connectivity index (χ1v) is 6.86. The van der Waals surface area contributed by atoms with Gasteiger partial charge in [0.2, 0.25) is 0 Å². The fraction of sp³-hybridized carbons (Fsp3) is 0.429. The molecule has 0 aliphatic carbocycles. The van der Waals surface area contributed by atoms with Crippen LogP contribution in [0.5, 0.6) is 5.75 Å². The minimum atomic E-state index is 0.264. The van der Waals surface area contributed by atoms with Crippen LogP contribution in [0.3, 0.4) is 0 Å². The Balaban J connectivity index is 2.16. The molecule has 92 valence electrons. The molecule has 0 saturated heterocycles. The van der Waals surface area contributed by atoms with Gasteiger partial charge < -0.3 is 9.47 Å². The van der Waals surface area contributed by atoms with E-state index in [1.807, 2.05) is 19.1 Å². The molecule has 17 heavy (non-hydrogen) atoms. The minimum Gasteiger partial charge on any atom is -0.496 e. The van der Waals surface area contributed by atoms with Gasteiger partial charge in [-0.1, -0.05) is 24.3 Å². The van der Waals surface area contributed by atoms with Crippen molar-refractivity contribution in [1.29, 1.82) is 0 Å². The van der Waals surface area contributed by atoms with E-state index in [1.165, 1.54) is 5.56 Å². The Morgan fingerprint density at radius 2 is 2.18 bits per heavy atom. The van der Waals surface area contributed by atoms with E-state index in [-0.39, 0.29) is 5.44 Å². The molecule has 1 heterocycles. The summed E-state index contributed by atoms with van der Waals surface area (Å²) in [5.74, 6) is 1.35. The average molecular weight is 250 g/mol. The Morgan fingerprint density at radius 1 is 1.35 bits per heavy atom. The highest BCUT2D eigenvalue weighted by Crippen LogP contribution is 2.38. The second kappa shape index (κ2) is 6.12. The van der Waals surface area contributed by atoms with Crippen LogP contribution in [-0.4, -0.2) is 19.2 Å². The van der Waals surface area contributed by atoms with Crippen molar-refractivity contribution in [2.24, 2.45) is 0 Å². The lowest BCUT2D eigenvalue weighted by Crippen LogP contribution is -2.15. The molecule has 0 bridgehead atoms. The summed E-state index contributed by atoms with van der Waals surface area (Å²) in [6.07, 6.45) is 3.24. The monoisotopic (exact) mass is 250 g/mol. The van der Waals surface area contributed by atoms with Crippen molar-refractivity contribution in [2.45, 2.75) is 24.7 Å².